The summed E-state index contributed by atoms with van der Waals surface area (Å²) in [6.07, 6.45) is 0. The van der Waals surface area contributed by atoms with Gasteiger partial charge in [0.1, 0.15) is 11.6 Å². The number of aliphatic hydroxyl groups is 1. The molecule has 0 spiro atoms. The van der Waals surface area contributed by atoms with Crippen LogP contribution in [0.25, 0.3) is 0 Å². The van der Waals surface area contributed by atoms with E-state index in [1.54, 1.807) is 0 Å². The number of hydrogen-bond acceptors (Lipinski definition) is 4. The minimum absolute atomic E-state index is 0.0293. The van der Waals surface area contributed by atoms with E-state index in [0.29, 0.717) is 6.07 Å². The molecule has 19 heavy (non-hydrogen) atoms. The minimum atomic E-state index is -1.09. The number of halogens is 2. The number of urea groups is 1. The van der Waals surface area contributed by atoms with Crippen molar-refractivity contribution in [1.82, 2.24) is 5.32 Å². The normalized spacial score (nSPS) is 9.89. The van der Waals surface area contributed by atoms with Gasteiger partial charge < -0.3 is 20.5 Å². The zero-order valence-corrected chi connectivity index (χ0v) is 10.00. The number of esters is 1. The van der Waals surface area contributed by atoms with Crippen LogP contribution in [0, 0.1) is 11.6 Å². The number of carbonyl (C=O) groups is 2. The average Bonchev–Trinajstić information content (AvgIpc) is 2.38. The Kier molecular flexibility index (Phi) is 5.19. The largest absolute Gasteiger partial charge is 0.465 e. The number of aliphatic hydroxyl groups excluding tert-OH is 1. The number of ether oxygens (including phenoxy) is 1. The summed E-state index contributed by atoms with van der Waals surface area (Å²) in [5, 5.41) is 12.8. The van der Waals surface area contributed by atoms with E-state index in [1.807, 2.05) is 0 Å². The van der Waals surface area contributed by atoms with Gasteiger partial charge in [0.2, 0.25) is 0 Å². The van der Waals surface area contributed by atoms with Gasteiger partial charge in [-0.1, -0.05) is 0 Å². The number of methoxy groups -OCH3 is 1. The second-order valence-corrected chi connectivity index (χ2v) is 3.41. The molecule has 0 saturated carbocycles. The van der Waals surface area contributed by atoms with Crippen LogP contribution in [-0.4, -0.2) is 37.4 Å². The SMILES string of the molecule is COC(=O)c1cc(NC(=O)NCCO)c(F)cc1F. The third kappa shape index (κ3) is 3.88. The molecule has 0 aliphatic carbocycles. The molecule has 6 nitrogen and oxygen atoms in total. The van der Waals surface area contributed by atoms with E-state index in [2.05, 4.69) is 15.4 Å². The lowest BCUT2D eigenvalue weighted by Crippen LogP contribution is -2.31. The molecule has 0 aliphatic rings. The van der Waals surface area contributed by atoms with Crippen LogP contribution in [0.3, 0.4) is 0 Å². The number of anilines is 1. The van der Waals surface area contributed by atoms with Crippen molar-refractivity contribution in [2.45, 2.75) is 0 Å². The topological polar surface area (TPSA) is 87.7 Å². The van der Waals surface area contributed by atoms with Crippen LogP contribution in [-0.2, 0) is 4.74 Å². The van der Waals surface area contributed by atoms with Gasteiger partial charge in [-0.3, -0.25) is 0 Å². The predicted octanol–water partition coefficient (Wildman–Crippen LogP) is 0.865. The molecule has 1 rings (SSSR count). The molecule has 0 aliphatic heterocycles. The monoisotopic (exact) mass is 274 g/mol. The van der Waals surface area contributed by atoms with Crippen molar-refractivity contribution in [3.63, 3.8) is 0 Å². The molecule has 3 N–H and O–H groups in total. The fourth-order valence-corrected chi connectivity index (χ4v) is 1.25. The van der Waals surface area contributed by atoms with Crippen molar-refractivity contribution < 1.29 is 28.2 Å². The molecule has 1 aromatic carbocycles. The zero-order chi connectivity index (χ0) is 14.4. The van der Waals surface area contributed by atoms with Crippen LogP contribution in [0.1, 0.15) is 10.4 Å². The van der Waals surface area contributed by atoms with Gasteiger partial charge in [-0.25, -0.2) is 18.4 Å². The fourth-order valence-electron chi connectivity index (χ4n) is 1.25. The van der Waals surface area contributed by atoms with Crippen LogP contribution in [0.2, 0.25) is 0 Å². The zero-order valence-electron chi connectivity index (χ0n) is 10.00. The molecule has 0 fully saturated rings. The summed E-state index contributed by atoms with van der Waals surface area (Å²) in [6.45, 7) is -0.314. The molecule has 0 bridgehead atoms. The van der Waals surface area contributed by atoms with E-state index in [9.17, 15) is 18.4 Å². The van der Waals surface area contributed by atoms with Crippen molar-refractivity contribution in [3.8, 4) is 0 Å². The first-order valence-corrected chi connectivity index (χ1v) is 5.22. The third-order valence-corrected chi connectivity index (χ3v) is 2.11. The van der Waals surface area contributed by atoms with Crippen molar-refractivity contribution in [2.24, 2.45) is 0 Å². The number of carbonyl (C=O) groups excluding carboxylic acids is 2. The third-order valence-electron chi connectivity index (χ3n) is 2.11. The van der Waals surface area contributed by atoms with Gasteiger partial charge >= 0.3 is 12.0 Å². The molecule has 0 atom stereocenters. The Labute approximate surface area is 107 Å². The first kappa shape index (κ1) is 14.8. The molecule has 0 unspecified atom stereocenters. The van der Waals surface area contributed by atoms with Crippen molar-refractivity contribution in [1.29, 1.82) is 0 Å². The van der Waals surface area contributed by atoms with Gasteiger partial charge in [0, 0.05) is 12.6 Å². The van der Waals surface area contributed by atoms with Crippen molar-refractivity contribution >= 4 is 17.7 Å². The van der Waals surface area contributed by atoms with Crippen LogP contribution in [0.4, 0.5) is 19.3 Å². The maximum atomic E-state index is 13.4. The highest BCUT2D eigenvalue weighted by Crippen LogP contribution is 2.20. The van der Waals surface area contributed by atoms with Gasteiger partial charge in [0.25, 0.3) is 0 Å². The first-order valence-electron chi connectivity index (χ1n) is 5.22. The highest BCUT2D eigenvalue weighted by Gasteiger charge is 2.17. The molecule has 2 amide bonds. The van der Waals surface area contributed by atoms with Gasteiger partial charge in [-0.05, 0) is 6.07 Å². The lowest BCUT2D eigenvalue weighted by molar-refractivity contribution is 0.0595. The Hall–Kier alpha value is -2.22. The average molecular weight is 274 g/mol. The van der Waals surface area contributed by atoms with Crippen LogP contribution in [0.5, 0.6) is 0 Å². The smallest absolute Gasteiger partial charge is 0.340 e. The summed E-state index contributed by atoms with van der Waals surface area (Å²) in [7, 11) is 1.05. The van der Waals surface area contributed by atoms with Crippen molar-refractivity contribution in [3.05, 3.63) is 29.3 Å². The van der Waals surface area contributed by atoms with Crippen LogP contribution >= 0.6 is 0 Å². The maximum absolute atomic E-state index is 13.4. The van der Waals surface area contributed by atoms with Gasteiger partial charge in [-0.15, -0.1) is 0 Å². The van der Waals surface area contributed by atoms with Crippen molar-refractivity contribution in [2.75, 3.05) is 25.6 Å². The summed E-state index contributed by atoms with van der Waals surface area (Å²) in [6, 6.07) is 0.499. The molecule has 0 aromatic heterocycles. The molecular formula is C11H12F2N2O4. The number of hydrogen-bond donors (Lipinski definition) is 3. The van der Waals surface area contributed by atoms with Gasteiger partial charge in [0.05, 0.1) is 25.0 Å². The Morgan fingerprint density at radius 3 is 2.58 bits per heavy atom. The van der Waals surface area contributed by atoms with Gasteiger partial charge in [-0.2, -0.15) is 0 Å². The van der Waals surface area contributed by atoms with E-state index in [0.717, 1.165) is 13.2 Å². The molecule has 104 valence electrons. The molecular weight excluding hydrogens is 262 g/mol. The summed E-state index contributed by atoms with van der Waals surface area (Å²) >= 11 is 0. The summed E-state index contributed by atoms with van der Waals surface area (Å²) in [5.74, 6) is -3.12. The summed E-state index contributed by atoms with van der Waals surface area (Å²) < 4.78 is 31.0. The van der Waals surface area contributed by atoms with E-state index in [4.69, 9.17) is 5.11 Å². The Morgan fingerprint density at radius 2 is 2.00 bits per heavy atom. The lowest BCUT2D eigenvalue weighted by atomic mass is 10.2. The van der Waals surface area contributed by atoms with Crippen LogP contribution in [0.15, 0.2) is 12.1 Å². The highest BCUT2D eigenvalue weighted by atomic mass is 19.1. The van der Waals surface area contributed by atoms with E-state index >= 15 is 0 Å². The number of benzene rings is 1. The molecule has 0 radical (unpaired) electrons. The number of amides is 2. The Balaban J connectivity index is 2.95. The maximum Gasteiger partial charge on any atom is 0.340 e. The summed E-state index contributed by atoms with van der Waals surface area (Å²) in [4.78, 5) is 22.5. The minimum Gasteiger partial charge on any atom is -0.465 e. The standard InChI is InChI=1S/C11H12F2N2O4/c1-19-10(17)6-4-9(8(13)5-7(6)12)15-11(18)14-2-3-16/h4-5,16H,2-3H2,1H3,(H2,14,15,18). The second-order valence-electron chi connectivity index (χ2n) is 3.41. The molecule has 1 aromatic rings. The number of nitrogens with one attached hydrogen (secondary N) is 2. The van der Waals surface area contributed by atoms with E-state index in [-0.39, 0.29) is 18.8 Å². The summed E-state index contributed by atoms with van der Waals surface area (Å²) in [5.41, 5.74) is -0.876. The first-order chi connectivity index (χ1) is 8.99. The predicted molar refractivity (Wildman–Crippen MR) is 61.8 cm³/mol. The Bertz CT molecular complexity index is 494. The fraction of sp³-hybridized carbons (Fsp3) is 0.273. The lowest BCUT2D eigenvalue weighted by Gasteiger charge is -2.09. The van der Waals surface area contributed by atoms with Crippen LogP contribution < -0.4 is 10.6 Å². The molecule has 0 saturated heterocycles. The number of rotatable bonds is 4. The molecule has 8 heteroatoms. The second kappa shape index (κ2) is 6.64. The van der Waals surface area contributed by atoms with Gasteiger partial charge in [0.15, 0.2) is 0 Å². The quantitative estimate of drug-likeness (QED) is 0.711. The van der Waals surface area contributed by atoms with E-state index < -0.39 is 29.2 Å². The Morgan fingerprint density at radius 1 is 1.32 bits per heavy atom. The molecule has 0 heterocycles. The van der Waals surface area contributed by atoms with E-state index in [1.165, 1.54) is 0 Å². The highest BCUT2D eigenvalue weighted by molar-refractivity contribution is 5.94.